The van der Waals surface area contributed by atoms with Crippen molar-refractivity contribution < 1.29 is 22.7 Å². The quantitative estimate of drug-likeness (QED) is 0.762. The Morgan fingerprint density at radius 1 is 1.33 bits per heavy atom. The zero-order valence-corrected chi connectivity index (χ0v) is 9.95. The van der Waals surface area contributed by atoms with Crippen LogP contribution in [0.5, 0.6) is 0 Å². The van der Waals surface area contributed by atoms with Gasteiger partial charge in [0.15, 0.2) is 0 Å². The number of nitrogens with two attached hydrogens (primary N) is 1. The molecule has 2 aliphatic rings. The van der Waals surface area contributed by atoms with E-state index in [1.807, 2.05) is 0 Å². The summed E-state index contributed by atoms with van der Waals surface area (Å²) in [6, 6.07) is -0.399. The number of carbonyl (C=O) groups excluding carboxylic acids is 1. The Kier molecular flexibility index (Phi) is 3.82. The van der Waals surface area contributed by atoms with Gasteiger partial charge in [-0.05, 0) is 12.8 Å². The van der Waals surface area contributed by atoms with Crippen LogP contribution in [0.2, 0.25) is 0 Å². The second-order valence-electron chi connectivity index (χ2n) is 4.97. The Hall–Kier alpha value is -0.820. The van der Waals surface area contributed by atoms with E-state index in [0.29, 0.717) is 19.6 Å². The number of alkyl halides is 3. The van der Waals surface area contributed by atoms with Gasteiger partial charge in [0.25, 0.3) is 0 Å². The van der Waals surface area contributed by atoms with Crippen molar-refractivity contribution in [2.75, 3.05) is 26.3 Å². The first kappa shape index (κ1) is 13.6. The van der Waals surface area contributed by atoms with E-state index in [0.717, 1.165) is 0 Å². The highest BCUT2D eigenvalue weighted by Gasteiger charge is 2.44. The van der Waals surface area contributed by atoms with Crippen LogP contribution in [-0.2, 0) is 9.53 Å². The van der Waals surface area contributed by atoms with Crippen LogP contribution >= 0.6 is 0 Å². The number of halogens is 3. The van der Waals surface area contributed by atoms with Gasteiger partial charge in [0.05, 0.1) is 25.0 Å². The second kappa shape index (κ2) is 5.05. The molecule has 3 unspecified atom stereocenters. The number of piperidine rings is 1. The van der Waals surface area contributed by atoms with E-state index in [1.165, 1.54) is 4.90 Å². The number of amides is 1. The minimum atomic E-state index is -4.23. The van der Waals surface area contributed by atoms with Gasteiger partial charge in [-0.1, -0.05) is 0 Å². The highest BCUT2D eigenvalue weighted by molar-refractivity contribution is 5.80. The Balaban J connectivity index is 1.98. The van der Waals surface area contributed by atoms with Crippen LogP contribution in [-0.4, -0.2) is 49.3 Å². The van der Waals surface area contributed by atoms with Gasteiger partial charge in [0.1, 0.15) is 0 Å². The predicted octanol–water partition coefficient (Wildman–Crippen LogP) is 0.761. The lowest BCUT2D eigenvalue weighted by atomic mass is 9.95. The van der Waals surface area contributed by atoms with E-state index in [2.05, 4.69) is 0 Å². The molecule has 18 heavy (non-hydrogen) atoms. The third-order valence-electron chi connectivity index (χ3n) is 3.64. The van der Waals surface area contributed by atoms with Crippen LogP contribution < -0.4 is 5.73 Å². The van der Waals surface area contributed by atoms with Gasteiger partial charge in [0, 0.05) is 19.1 Å². The molecule has 2 fully saturated rings. The van der Waals surface area contributed by atoms with Crippen molar-refractivity contribution in [1.29, 1.82) is 0 Å². The molecule has 1 amide bonds. The smallest absolute Gasteiger partial charge is 0.379 e. The summed E-state index contributed by atoms with van der Waals surface area (Å²) in [5.41, 5.74) is 5.71. The fourth-order valence-corrected chi connectivity index (χ4v) is 2.50. The molecule has 2 saturated heterocycles. The number of carbonyl (C=O) groups is 1. The Morgan fingerprint density at radius 3 is 2.61 bits per heavy atom. The zero-order chi connectivity index (χ0) is 13.3. The summed E-state index contributed by atoms with van der Waals surface area (Å²) in [7, 11) is 0. The average Bonchev–Trinajstić information content (AvgIpc) is 2.73. The fraction of sp³-hybridized carbons (Fsp3) is 0.909. The first-order valence-corrected chi connectivity index (χ1v) is 6.08. The largest absolute Gasteiger partial charge is 0.393 e. The van der Waals surface area contributed by atoms with Gasteiger partial charge in [-0.3, -0.25) is 4.79 Å². The standard InChI is InChI=1S/C11H17F3N2O2/c12-11(13,14)7-2-1-3-16(4-7)10(17)8-5-18-6-9(8)15/h7-9H,1-6,15H2. The van der Waals surface area contributed by atoms with Gasteiger partial charge in [-0.2, -0.15) is 13.2 Å². The summed E-state index contributed by atoms with van der Waals surface area (Å²) in [4.78, 5) is 13.4. The molecule has 0 spiro atoms. The Morgan fingerprint density at radius 2 is 2.06 bits per heavy atom. The molecule has 2 heterocycles. The zero-order valence-electron chi connectivity index (χ0n) is 9.95. The van der Waals surface area contributed by atoms with Crippen LogP contribution in [0, 0.1) is 11.8 Å². The summed E-state index contributed by atoms with van der Waals surface area (Å²) in [6.45, 7) is 0.653. The molecule has 0 aromatic rings. The van der Waals surface area contributed by atoms with Crippen LogP contribution in [0.15, 0.2) is 0 Å². The third kappa shape index (κ3) is 2.77. The van der Waals surface area contributed by atoms with Gasteiger partial charge in [-0.25, -0.2) is 0 Å². The molecular formula is C11H17F3N2O2. The monoisotopic (exact) mass is 266 g/mol. The summed E-state index contributed by atoms with van der Waals surface area (Å²) in [6.07, 6.45) is -3.74. The van der Waals surface area contributed by atoms with E-state index in [9.17, 15) is 18.0 Å². The number of hydrogen-bond donors (Lipinski definition) is 1. The summed E-state index contributed by atoms with van der Waals surface area (Å²) >= 11 is 0. The van der Waals surface area contributed by atoms with Crippen molar-refractivity contribution in [1.82, 2.24) is 4.90 Å². The van der Waals surface area contributed by atoms with E-state index >= 15 is 0 Å². The summed E-state index contributed by atoms with van der Waals surface area (Å²) < 4.78 is 43.0. The van der Waals surface area contributed by atoms with E-state index in [4.69, 9.17) is 10.5 Å². The van der Waals surface area contributed by atoms with E-state index in [-0.39, 0.29) is 25.5 Å². The van der Waals surface area contributed by atoms with Gasteiger partial charge in [0.2, 0.25) is 5.91 Å². The molecule has 104 valence electrons. The minimum absolute atomic E-state index is 0.0977. The van der Waals surface area contributed by atoms with E-state index in [1.54, 1.807) is 0 Å². The number of ether oxygens (including phenoxy) is 1. The SMILES string of the molecule is NC1COCC1C(=O)N1CCCC(C(F)(F)F)C1. The maximum absolute atomic E-state index is 12.6. The molecule has 2 rings (SSSR count). The maximum Gasteiger partial charge on any atom is 0.393 e. The highest BCUT2D eigenvalue weighted by atomic mass is 19.4. The molecular weight excluding hydrogens is 249 g/mol. The van der Waals surface area contributed by atoms with E-state index < -0.39 is 24.1 Å². The molecule has 0 radical (unpaired) electrons. The first-order chi connectivity index (χ1) is 8.39. The summed E-state index contributed by atoms with van der Waals surface area (Å²) in [5, 5.41) is 0. The number of hydrogen-bond acceptors (Lipinski definition) is 3. The predicted molar refractivity (Wildman–Crippen MR) is 57.6 cm³/mol. The molecule has 0 aromatic heterocycles. The fourth-order valence-electron chi connectivity index (χ4n) is 2.50. The lowest BCUT2D eigenvalue weighted by Crippen LogP contribution is -2.49. The maximum atomic E-state index is 12.6. The topological polar surface area (TPSA) is 55.6 Å². The second-order valence-corrected chi connectivity index (χ2v) is 4.97. The van der Waals surface area contributed by atoms with Gasteiger partial charge >= 0.3 is 6.18 Å². The molecule has 0 saturated carbocycles. The highest BCUT2D eigenvalue weighted by Crippen LogP contribution is 2.33. The Bertz CT molecular complexity index is 322. The van der Waals surface area contributed by atoms with Crippen molar-refractivity contribution >= 4 is 5.91 Å². The van der Waals surface area contributed by atoms with Crippen molar-refractivity contribution in [3.05, 3.63) is 0 Å². The van der Waals surface area contributed by atoms with Crippen molar-refractivity contribution in [3.63, 3.8) is 0 Å². The van der Waals surface area contributed by atoms with Gasteiger partial charge < -0.3 is 15.4 Å². The number of rotatable bonds is 1. The third-order valence-corrected chi connectivity index (χ3v) is 3.64. The molecule has 0 aliphatic carbocycles. The van der Waals surface area contributed by atoms with Gasteiger partial charge in [-0.15, -0.1) is 0 Å². The number of likely N-dealkylation sites (tertiary alicyclic amines) is 1. The molecule has 4 nitrogen and oxygen atoms in total. The average molecular weight is 266 g/mol. The van der Waals surface area contributed by atoms with Crippen molar-refractivity contribution in [3.8, 4) is 0 Å². The van der Waals surface area contributed by atoms with Crippen LogP contribution in [0.4, 0.5) is 13.2 Å². The van der Waals surface area contributed by atoms with Crippen LogP contribution in [0.3, 0.4) is 0 Å². The lowest BCUT2D eigenvalue weighted by Gasteiger charge is -2.35. The molecule has 3 atom stereocenters. The molecule has 2 N–H and O–H groups in total. The van der Waals surface area contributed by atoms with Crippen molar-refractivity contribution in [2.24, 2.45) is 17.6 Å². The normalized spacial score (nSPS) is 33.8. The molecule has 0 bridgehead atoms. The Labute approximate surface area is 103 Å². The number of nitrogens with zero attached hydrogens (tertiary/aromatic N) is 1. The van der Waals surface area contributed by atoms with Crippen LogP contribution in [0.25, 0.3) is 0 Å². The van der Waals surface area contributed by atoms with Crippen LogP contribution in [0.1, 0.15) is 12.8 Å². The van der Waals surface area contributed by atoms with Crippen molar-refractivity contribution in [2.45, 2.75) is 25.1 Å². The molecule has 7 heteroatoms. The lowest BCUT2D eigenvalue weighted by molar-refractivity contribution is -0.188. The summed E-state index contributed by atoms with van der Waals surface area (Å²) in [5.74, 6) is -2.19. The first-order valence-electron chi connectivity index (χ1n) is 6.08. The molecule has 2 aliphatic heterocycles. The molecule has 0 aromatic carbocycles. The minimum Gasteiger partial charge on any atom is -0.379 e.